The van der Waals surface area contributed by atoms with Gasteiger partial charge in [0, 0.05) is 45.8 Å². The van der Waals surface area contributed by atoms with E-state index >= 15 is 0 Å². The lowest BCUT2D eigenvalue weighted by Crippen LogP contribution is -2.56. The Morgan fingerprint density at radius 2 is 1.89 bits per heavy atom. The number of hydrogen-bond donors (Lipinski definition) is 4. The fourth-order valence-electron chi connectivity index (χ4n) is 4.69. The molecule has 3 rings (SSSR count). The summed E-state index contributed by atoms with van der Waals surface area (Å²) < 4.78 is 11.4. The van der Waals surface area contributed by atoms with E-state index in [4.69, 9.17) is 38.4 Å². The van der Waals surface area contributed by atoms with Crippen molar-refractivity contribution in [3.63, 3.8) is 0 Å². The molecule has 1 saturated heterocycles. The van der Waals surface area contributed by atoms with Gasteiger partial charge in [0.15, 0.2) is 0 Å². The molecule has 1 aromatic rings. The van der Waals surface area contributed by atoms with Gasteiger partial charge in [-0.25, -0.2) is 4.79 Å². The molecule has 6 atom stereocenters. The fraction of sp³-hybridized carbons (Fsp3) is 0.692. The molecule has 5 unspecified atom stereocenters. The summed E-state index contributed by atoms with van der Waals surface area (Å²) in [5.74, 6) is -1.87. The molecule has 0 aromatic heterocycles. The van der Waals surface area contributed by atoms with Crippen LogP contribution in [0.1, 0.15) is 24.8 Å². The standard InChI is InChI=1S/C26H40Cl2N4O5/c27-20-17-19(23(33)22(28)24(20)36-14-5-4-8-29)25(34)31-21(16-18-6-2-1-3-7-18)26(35)37-15-13-32-11-9-30-10-12-32/h1-3,6-7,19-24,30,33H,4-5,8-17,29H2,(H,31,34)/t19?,20?,21-,22?,23?,24?/m0/s1. The van der Waals surface area contributed by atoms with Gasteiger partial charge in [0.25, 0.3) is 0 Å². The zero-order valence-electron chi connectivity index (χ0n) is 21.2. The number of ether oxygens (including phenoxy) is 2. The second-order valence-electron chi connectivity index (χ2n) is 9.63. The van der Waals surface area contributed by atoms with Crippen molar-refractivity contribution in [3.8, 4) is 0 Å². The second-order valence-corrected chi connectivity index (χ2v) is 10.7. The Kier molecular flexibility index (Phi) is 12.9. The number of halogens is 2. The zero-order valence-corrected chi connectivity index (χ0v) is 22.7. The van der Waals surface area contributed by atoms with Gasteiger partial charge in [-0.05, 0) is 31.4 Å². The molecule has 0 radical (unpaired) electrons. The Labute approximate surface area is 229 Å². The maximum absolute atomic E-state index is 13.3. The number of unbranched alkanes of at least 4 members (excludes halogenated alkanes) is 1. The minimum atomic E-state index is -1.17. The van der Waals surface area contributed by atoms with Crippen LogP contribution in [-0.2, 0) is 25.5 Å². The predicted octanol–water partition coefficient (Wildman–Crippen LogP) is 0.882. The fourth-order valence-corrected chi connectivity index (χ4v) is 5.61. The lowest BCUT2D eigenvalue weighted by atomic mass is 9.83. The van der Waals surface area contributed by atoms with Crippen LogP contribution >= 0.6 is 23.2 Å². The number of benzene rings is 1. The molecule has 0 spiro atoms. The van der Waals surface area contributed by atoms with Crippen molar-refractivity contribution in [2.75, 3.05) is 52.5 Å². The van der Waals surface area contributed by atoms with Gasteiger partial charge in [0.2, 0.25) is 5.91 Å². The van der Waals surface area contributed by atoms with E-state index in [2.05, 4.69) is 15.5 Å². The molecule has 2 aliphatic rings. The molecule has 0 bridgehead atoms. The van der Waals surface area contributed by atoms with Gasteiger partial charge >= 0.3 is 5.97 Å². The maximum atomic E-state index is 13.3. The number of carbonyl (C=O) groups excluding carboxylic acids is 2. The van der Waals surface area contributed by atoms with Crippen molar-refractivity contribution in [1.82, 2.24) is 15.5 Å². The number of nitrogens with zero attached hydrogens (tertiary/aromatic N) is 1. The Bertz CT molecular complexity index is 830. The van der Waals surface area contributed by atoms with E-state index < -0.39 is 46.8 Å². The van der Waals surface area contributed by atoms with E-state index in [1.807, 2.05) is 30.3 Å². The Hall–Kier alpha value is -1.46. The minimum Gasteiger partial charge on any atom is -0.463 e. The number of amides is 1. The molecule has 1 saturated carbocycles. The van der Waals surface area contributed by atoms with Gasteiger partial charge in [-0.3, -0.25) is 9.69 Å². The molecule has 208 valence electrons. The third-order valence-corrected chi connectivity index (χ3v) is 7.81. The van der Waals surface area contributed by atoms with Crippen LogP contribution in [0.3, 0.4) is 0 Å². The first-order chi connectivity index (χ1) is 17.9. The van der Waals surface area contributed by atoms with Crippen LogP contribution in [0, 0.1) is 5.92 Å². The van der Waals surface area contributed by atoms with Crippen molar-refractivity contribution in [2.24, 2.45) is 11.7 Å². The van der Waals surface area contributed by atoms with Crippen LogP contribution in [0.2, 0.25) is 0 Å². The highest BCUT2D eigenvalue weighted by molar-refractivity contribution is 6.25. The number of esters is 1. The third-order valence-electron chi connectivity index (χ3n) is 6.88. The number of carbonyl (C=O) groups is 2. The first kappa shape index (κ1) is 30.1. The molecule has 1 aliphatic carbocycles. The highest BCUT2D eigenvalue weighted by Crippen LogP contribution is 2.34. The van der Waals surface area contributed by atoms with Gasteiger partial charge in [-0.15, -0.1) is 23.2 Å². The van der Waals surface area contributed by atoms with Gasteiger partial charge in [0.05, 0.1) is 28.9 Å². The van der Waals surface area contributed by atoms with E-state index in [9.17, 15) is 14.7 Å². The number of nitrogens with one attached hydrogen (secondary N) is 2. The quantitative estimate of drug-likeness (QED) is 0.160. The van der Waals surface area contributed by atoms with Gasteiger partial charge in [-0.1, -0.05) is 30.3 Å². The molecule has 37 heavy (non-hydrogen) atoms. The maximum Gasteiger partial charge on any atom is 0.329 e. The molecule has 2 fully saturated rings. The Morgan fingerprint density at radius 1 is 1.16 bits per heavy atom. The van der Waals surface area contributed by atoms with Crippen LogP contribution in [0.15, 0.2) is 30.3 Å². The summed E-state index contributed by atoms with van der Waals surface area (Å²) in [5.41, 5.74) is 6.40. The largest absolute Gasteiger partial charge is 0.463 e. The lowest BCUT2D eigenvalue weighted by molar-refractivity contribution is -0.150. The number of aliphatic hydroxyl groups is 1. The number of alkyl halides is 2. The normalized spacial score (nSPS) is 27.4. The van der Waals surface area contributed by atoms with E-state index in [1.54, 1.807) is 0 Å². The van der Waals surface area contributed by atoms with Crippen LogP contribution in [0.4, 0.5) is 0 Å². The van der Waals surface area contributed by atoms with E-state index in [0.717, 1.165) is 44.6 Å². The lowest BCUT2D eigenvalue weighted by Gasteiger charge is -2.39. The molecular weight excluding hydrogens is 519 g/mol. The van der Waals surface area contributed by atoms with Crippen molar-refractivity contribution in [2.45, 2.75) is 54.7 Å². The monoisotopic (exact) mass is 558 g/mol. The number of piperazine rings is 1. The highest BCUT2D eigenvalue weighted by Gasteiger charge is 2.46. The summed E-state index contributed by atoms with van der Waals surface area (Å²) in [6, 6.07) is 8.50. The second kappa shape index (κ2) is 15.8. The topological polar surface area (TPSA) is 126 Å². The summed E-state index contributed by atoms with van der Waals surface area (Å²) >= 11 is 13.0. The van der Waals surface area contributed by atoms with E-state index in [-0.39, 0.29) is 19.4 Å². The van der Waals surface area contributed by atoms with Crippen LogP contribution in [0.25, 0.3) is 0 Å². The van der Waals surface area contributed by atoms with Gasteiger partial charge < -0.3 is 30.9 Å². The third kappa shape index (κ3) is 9.35. The first-order valence-corrected chi connectivity index (χ1v) is 14.0. The molecule has 9 nitrogen and oxygen atoms in total. The number of hydrogen-bond acceptors (Lipinski definition) is 8. The number of nitrogens with two attached hydrogens (primary N) is 1. The van der Waals surface area contributed by atoms with Crippen molar-refractivity contribution in [1.29, 1.82) is 0 Å². The summed E-state index contributed by atoms with van der Waals surface area (Å²) in [5, 5.41) is 15.5. The molecule has 11 heteroatoms. The molecule has 1 aliphatic heterocycles. The summed E-state index contributed by atoms with van der Waals surface area (Å²) in [7, 11) is 0. The van der Waals surface area contributed by atoms with Crippen LogP contribution in [0.5, 0.6) is 0 Å². The van der Waals surface area contributed by atoms with Crippen molar-refractivity contribution >= 4 is 35.1 Å². The molecular formula is C26H40Cl2N4O5. The van der Waals surface area contributed by atoms with Gasteiger partial charge in [-0.2, -0.15) is 0 Å². The summed E-state index contributed by atoms with van der Waals surface area (Å²) in [6.45, 7) is 5.49. The van der Waals surface area contributed by atoms with E-state index in [1.165, 1.54) is 0 Å². The van der Waals surface area contributed by atoms with Crippen molar-refractivity contribution < 1.29 is 24.2 Å². The average Bonchev–Trinajstić information content (AvgIpc) is 2.91. The summed E-state index contributed by atoms with van der Waals surface area (Å²) in [4.78, 5) is 28.5. The molecule has 1 heterocycles. The number of aliphatic hydroxyl groups excluding tert-OH is 1. The Balaban J connectivity index is 1.59. The Morgan fingerprint density at radius 3 is 2.59 bits per heavy atom. The molecule has 1 aromatic carbocycles. The first-order valence-electron chi connectivity index (χ1n) is 13.1. The molecule has 5 N–H and O–H groups in total. The molecule has 1 amide bonds. The minimum absolute atomic E-state index is 0.176. The highest BCUT2D eigenvalue weighted by atomic mass is 35.5. The SMILES string of the molecule is NCCCCOC1C(Cl)CC(C(=O)N[C@@H](Cc2ccccc2)C(=O)OCCN2CCNCC2)C(O)C1Cl. The zero-order chi connectivity index (χ0) is 26.6. The van der Waals surface area contributed by atoms with Crippen LogP contribution < -0.4 is 16.4 Å². The van der Waals surface area contributed by atoms with Crippen molar-refractivity contribution in [3.05, 3.63) is 35.9 Å². The van der Waals surface area contributed by atoms with Gasteiger partial charge in [0.1, 0.15) is 12.6 Å². The van der Waals surface area contributed by atoms with E-state index in [0.29, 0.717) is 19.7 Å². The van der Waals surface area contributed by atoms with Crippen LogP contribution in [-0.4, -0.2) is 103 Å². The average molecular weight is 560 g/mol. The number of rotatable bonds is 13. The predicted molar refractivity (Wildman–Crippen MR) is 144 cm³/mol. The smallest absolute Gasteiger partial charge is 0.329 e. The summed E-state index contributed by atoms with van der Waals surface area (Å²) in [6.07, 6.45) is 0.262.